The first-order valence-electron chi connectivity index (χ1n) is 6.40. The number of rotatable bonds is 5. The van der Waals surface area contributed by atoms with Crippen LogP contribution in [-0.2, 0) is 0 Å². The van der Waals surface area contributed by atoms with Gasteiger partial charge in [-0.1, -0.05) is 6.07 Å². The van der Waals surface area contributed by atoms with Crippen molar-refractivity contribution in [3.8, 4) is 5.75 Å². The van der Waals surface area contributed by atoms with Gasteiger partial charge in [0, 0.05) is 16.6 Å². The largest absolute Gasteiger partial charge is 0.492 e. The average molecular weight is 290 g/mol. The molecule has 1 heterocycles. The number of carbonyl (C=O) groups is 1. The molecule has 1 aromatic carbocycles. The van der Waals surface area contributed by atoms with Crippen LogP contribution >= 0.6 is 11.3 Å². The van der Waals surface area contributed by atoms with E-state index in [0.29, 0.717) is 24.6 Å². The summed E-state index contributed by atoms with van der Waals surface area (Å²) >= 11 is 1.51. The Morgan fingerprint density at radius 3 is 2.80 bits per heavy atom. The smallest absolute Gasteiger partial charge is 0.261 e. The number of hydrogen-bond acceptors (Lipinski definition) is 4. The Hall–Kier alpha value is -2.01. The monoisotopic (exact) mass is 290 g/mol. The third kappa shape index (κ3) is 3.74. The van der Waals surface area contributed by atoms with Gasteiger partial charge in [-0.05, 0) is 37.6 Å². The molecule has 0 aliphatic carbocycles. The third-order valence-corrected chi connectivity index (χ3v) is 4.06. The molecule has 0 atom stereocenters. The summed E-state index contributed by atoms with van der Waals surface area (Å²) in [5, 5.41) is 2.84. The van der Waals surface area contributed by atoms with E-state index in [9.17, 15) is 4.79 Å². The van der Waals surface area contributed by atoms with Crippen molar-refractivity contribution in [2.75, 3.05) is 18.9 Å². The van der Waals surface area contributed by atoms with Crippen molar-refractivity contribution in [1.29, 1.82) is 0 Å². The van der Waals surface area contributed by atoms with Crippen LogP contribution in [0.1, 0.15) is 20.1 Å². The average Bonchev–Trinajstić information content (AvgIpc) is 2.75. The third-order valence-electron chi connectivity index (χ3n) is 2.90. The van der Waals surface area contributed by atoms with Crippen LogP contribution in [0.3, 0.4) is 0 Å². The molecule has 0 aliphatic heterocycles. The standard InChI is InChI=1S/C15H18N2O2S/c1-10-8-14(20-11(10)2)15(18)17-6-7-19-13-5-3-4-12(16)9-13/h3-5,8-9H,6-7,16H2,1-2H3,(H,17,18). The minimum absolute atomic E-state index is 0.0534. The molecule has 0 unspecified atom stereocenters. The second-order valence-electron chi connectivity index (χ2n) is 4.53. The number of anilines is 1. The fraction of sp³-hybridized carbons (Fsp3) is 0.267. The molecule has 0 aliphatic rings. The van der Waals surface area contributed by atoms with Gasteiger partial charge in [-0.15, -0.1) is 11.3 Å². The molecule has 5 heteroatoms. The van der Waals surface area contributed by atoms with E-state index in [-0.39, 0.29) is 5.91 Å². The number of thiophene rings is 1. The second-order valence-corrected chi connectivity index (χ2v) is 5.78. The summed E-state index contributed by atoms with van der Waals surface area (Å²) in [5.74, 6) is 0.657. The molecule has 0 saturated carbocycles. The predicted molar refractivity (Wildman–Crippen MR) is 82.5 cm³/mol. The van der Waals surface area contributed by atoms with Gasteiger partial charge in [0.15, 0.2) is 0 Å². The Bertz CT molecular complexity index is 588. The molecule has 3 N–H and O–H groups in total. The summed E-state index contributed by atoms with van der Waals surface area (Å²) in [4.78, 5) is 13.8. The molecule has 0 saturated heterocycles. The molecule has 1 aromatic heterocycles. The van der Waals surface area contributed by atoms with Gasteiger partial charge < -0.3 is 15.8 Å². The number of amides is 1. The van der Waals surface area contributed by atoms with E-state index in [1.807, 2.05) is 32.0 Å². The van der Waals surface area contributed by atoms with E-state index in [4.69, 9.17) is 10.5 Å². The van der Waals surface area contributed by atoms with E-state index >= 15 is 0 Å². The van der Waals surface area contributed by atoms with Gasteiger partial charge in [0.1, 0.15) is 12.4 Å². The molecule has 106 valence electrons. The van der Waals surface area contributed by atoms with E-state index in [2.05, 4.69) is 5.32 Å². The molecule has 4 nitrogen and oxygen atoms in total. The quantitative estimate of drug-likeness (QED) is 0.657. The first-order valence-corrected chi connectivity index (χ1v) is 7.21. The highest BCUT2D eigenvalue weighted by atomic mass is 32.1. The lowest BCUT2D eigenvalue weighted by molar-refractivity contribution is 0.0951. The molecule has 0 radical (unpaired) electrons. The molecule has 0 spiro atoms. The number of ether oxygens (including phenoxy) is 1. The molecule has 0 bridgehead atoms. The van der Waals surface area contributed by atoms with Gasteiger partial charge in [0.2, 0.25) is 0 Å². The van der Waals surface area contributed by atoms with Gasteiger partial charge in [-0.25, -0.2) is 0 Å². The van der Waals surface area contributed by atoms with Crippen molar-refractivity contribution in [2.45, 2.75) is 13.8 Å². The zero-order chi connectivity index (χ0) is 14.5. The van der Waals surface area contributed by atoms with Crippen LogP contribution in [0.2, 0.25) is 0 Å². The number of carbonyl (C=O) groups excluding carboxylic acids is 1. The molecule has 2 rings (SSSR count). The molecule has 20 heavy (non-hydrogen) atoms. The number of hydrogen-bond donors (Lipinski definition) is 2. The lowest BCUT2D eigenvalue weighted by Crippen LogP contribution is -2.27. The van der Waals surface area contributed by atoms with Crippen LogP contribution in [0, 0.1) is 13.8 Å². The first kappa shape index (κ1) is 14.4. The molecule has 2 aromatic rings. The minimum atomic E-state index is -0.0534. The van der Waals surface area contributed by atoms with Crippen LogP contribution in [0.4, 0.5) is 5.69 Å². The van der Waals surface area contributed by atoms with Crippen molar-refractivity contribution in [3.63, 3.8) is 0 Å². The van der Waals surface area contributed by atoms with Crippen LogP contribution in [0.25, 0.3) is 0 Å². The molecule has 0 fully saturated rings. The maximum atomic E-state index is 11.9. The second kappa shape index (κ2) is 6.43. The summed E-state index contributed by atoms with van der Waals surface area (Å²) in [6.45, 7) is 4.90. The number of aryl methyl sites for hydroxylation is 2. The normalized spacial score (nSPS) is 10.3. The molecular formula is C15H18N2O2S. The van der Waals surface area contributed by atoms with Crippen molar-refractivity contribution in [2.24, 2.45) is 0 Å². The van der Waals surface area contributed by atoms with E-state index in [1.165, 1.54) is 16.2 Å². The Morgan fingerprint density at radius 2 is 2.15 bits per heavy atom. The van der Waals surface area contributed by atoms with Gasteiger partial charge in [0.25, 0.3) is 5.91 Å². The van der Waals surface area contributed by atoms with Gasteiger partial charge in [-0.3, -0.25) is 4.79 Å². The predicted octanol–water partition coefficient (Wildman–Crippen LogP) is 2.76. The summed E-state index contributed by atoms with van der Waals surface area (Å²) in [6.07, 6.45) is 0. The molecular weight excluding hydrogens is 272 g/mol. The van der Waals surface area contributed by atoms with Crippen molar-refractivity contribution < 1.29 is 9.53 Å². The van der Waals surface area contributed by atoms with E-state index in [1.54, 1.807) is 12.1 Å². The summed E-state index contributed by atoms with van der Waals surface area (Å²) in [5.41, 5.74) is 7.47. The number of nitrogens with two attached hydrogens (primary N) is 1. The maximum absolute atomic E-state index is 11.9. The minimum Gasteiger partial charge on any atom is -0.492 e. The number of nitrogen functional groups attached to an aromatic ring is 1. The summed E-state index contributed by atoms with van der Waals surface area (Å²) in [7, 11) is 0. The maximum Gasteiger partial charge on any atom is 0.261 e. The summed E-state index contributed by atoms with van der Waals surface area (Å²) < 4.78 is 5.51. The van der Waals surface area contributed by atoms with Crippen LogP contribution < -0.4 is 15.8 Å². The number of benzene rings is 1. The van der Waals surface area contributed by atoms with Crippen molar-refractivity contribution >= 4 is 22.9 Å². The zero-order valence-corrected chi connectivity index (χ0v) is 12.4. The number of nitrogens with one attached hydrogen (secondary N) is 1. The zero-order valence-electron chi connectivity index (χ0n) is 11.6. The fourth-order valence-corrected chi connectivity index (χ4v) is 2.66. The Balaban J connectivity index is 1.77. The molecule has 1 amide bonds. The van der Waals surface area contributed by atoms with Crippen LogP contribution in [0.5, 0.6) is 5.75 Å². The lowest BCUT2D eigenvalue weighted by atomic mass is 10.3. The van der Waals surface area contributed by atoms with E-state index < -0.39 is 0 Å². The Labute approximate surface area is 122 Å². The summed E-state index contributed by atoms with van der Waals surface area (Å²) in [6, 6.07) is 9.14. The highest BCUT2D eigenvalue weighted by Gasteiger charge is 2.09. The topological polar surface area (TPSA) is 64.3 Å². The van der Waals surface area contributed by atoms with Crippen LogP contribution in [-0.4, -0.2) is 19.1 Å². The van der Waals surface area contributed by atoms with E-state index in [0.717, 1.165) is 10.4 Å². The Morgan fingerprint density at radius 1 is 1.35 bits per heavy atom. The lowest BCUT2D eigenvalue weighted by Gasteiger charge is -2.07. The SMILES string of the molecule is Cc1cc(C(=O)NCCOc2cccc(N)c2)sc1C. The first-order chi connectivity index (χ1) is 9.56. The fourth-order valence-electron chi connectivity index (χ4n) is 1.71. The van der Waals surface area contributed by atoms with Crippen molar-refractivity contribution in [1.82, 2.24) is 5.32 Å². The van der Waals surface area contributed by atoms with Gasteiger partial charge in [0.05, 0.1) is 11.4 Å². The Kier molecular flexibility index (Phi) is 4.63. The highest BCUT2D eigenvalue weighted by Crippen LogP contribution is 2.20. The van der Waals surface area contributed by atoms with Crippen LogP contribution in [0.15, 0.2) is 30.3 Å². The van der Waals surface area contributed by atoms with Gasteiger partial charge in [-0.2, -0.15) is 0 Å². The highest BCUT2D eigenvalue weighted by molar-refractivity contribution is 7.14. The van der Waals surface area contributed by atoms with Crippen molar-refractivity contribution in [3.05, 3.63) is 45.6 Å². The van der Waals surface area contributed by atoms with Gasteiger partial charge >= 0.3 is 0 Å².